The average Bonchev–Trinajstić information content (AvgIpc) is 2.49. The first-order valence-corrected chi connectivity index (χ1v) is 6.56. The SMILES string of the molecule is CO/N=C/C1=CC(NC(=O)N2C=COC=N2)C(F)CC1Cl. The highest BCUT2D eigenvalue weighted by atomic mass is 35.5. The van der Waals surface area contributed by atoms with Crippen molar-refractivity contribution in [2.45, 2.75) is 24.0 Å². The Hall–Kier alpha value is -2.09. The molecule has 114 valence electrons. The quantitative estimate of drug-likeness (QED) is 0.489. The number of carbonyl (C=O) groups is 1. The minimum atomic E-state index is -1.30. The van der Waals surface area contributed by atoms with Crippen LogP contribution in [-0.4, -0.2) is 48.4 Å². The monoisotopic (exact) mass is 316 g/mol. The fourth-order valence-corrected chi connectivity index (χ4v) is 2.14. The summed E-state index contributed by atoms with van der Waals surface area (Å²) in [6.45, 7) is 0. The molecule has 0 radical (unpaired) electrons. The number of halogens is 2. The standard InChI is InChI=1S/C12H14ClFN4O3/c1-20-16-6-8-4-11(10(14)5-9(8)13)17-12(19)18-2-3-21-7-15-18/h2-4,6-7,9-11H,5H2,1H3,(H,17,19)/b16-6+. The molecule has 3 atom stereocenters. The summed E-state index contributed by atoms with van der Waals surface area (Å²) in [4.78, 5) is 16.5. The number of hydrogen-bond donors (Lipinski definition) is 1. The summed E-state index contributed by atoms with van der Waals surface area (Å²) in [5, 5.41) is 10.3. The lowest BCUT2D eigenvalue weighted by molar-refractivity contribution is 0.196. The Morgan fingerprint density at radius 2 is 2.57 bits per heavy atom. The summed E-state index contributed by atoms with van der Waals surface area (Å²) in [6, 6.07) is -1.40. The number of amides is 2. The van der Waals surface area contributed by atoms with Crippen molar-refractivity contribution in [3.05, 3.63) is 24.1 Å². The topological polar surface area (TPSA) is 75.5 Å². The third kappa shape index (κ3) is 3.94. The molecule has 0 spiro atoms. The van der Waals surface area contributed by atoms with E-state index in [0.29, 0.717) is 5.57 Å². The Bertz CT molecular complexity index is 497. The predicted molar refractivity (Wildman–Crippen MR) is 75.6 cm³/mol. The van der Waals surface area contributed by atoms with Crippen molar-refractivity contribution in [2.75, 3.05) is 7.11 Å². The number of hydrogen-bond acceptors (Lipinski definition) is 5. The van der Waals surface area contributed by atoms with Crippen molar-refractivity contribution in [1.29, 1.82) is 0 Å². The molecule has 9 heteroatoms. The summed E-state index contributed by atoms with van der Waals surface area (Å²) < 4.78 is 18.7. The molecule has 3 unspecified atom stereocenters. The van der Waals surface area contributed by atoms with Crippen molar-refractivity contribution >= 4 is 30.2 Å². The molecule has 0 bridgehead atoms. The van der Waals surface area contributed by atoms with E-state index in [0.717, 1.165) is 11.4 Å². The molecule has 2 amide bonds. The minimum Gasteiger partial charge on any atom is -0.450 e. The number of nitrogens with one attached hydrogen (secondary N) is 1. The van der Waals surface area contributed by atoms with E-state index in [2.05, 4.69) is 20.4 Å². The van der Waals surface area contributed by atoms with Gasteiger partial charge in [-0.3, -0.25) is 0 Å². The number of allylic oxidation sites excluding steroid dienone is 1. The summed E-state index contributed by atoms with van der Waals surface area (Å²) in [5.74, 6) is 0. The molecule has 21 heavy (non-hydrogen) atoms. The summed E-state index contributed by atoms with van der Waals surface area (Å²) >= 11 is 6.03. The van der Waals surface area contributed by atoms with Gasteiger partial charge >= 0.3 is 6.03 Å². The third-order valence-electron chi connectivity index (χ3n) is 2.87. The van der Waals surface area contributed by atoms with Crippen molar-refractivity contribution in [2.24, 2.45) is 10.3 Å². The predicted octanol–water partition coefficient (Wildman–Crippen LogP) is 1.72. The van der Waals surface area contributed by atoms with Gasteiger partial charge in [0.05, 0.1) is 23.8 Å². The van der Waals surface area contributed by atoms with Gasteiger partial charge in [0.25, 0.3) is 0 Å². The normalized spacial score (nSPS) is 28.2. The van der Waals surface area contributed by atoms with Crippen molar-refractivity contribution < 1.29 is 18.8 Å². The fraction of sp³-hybridized carbons (Fsp3) is 0.417. The molecule has 1 aliphatic heterocycles. The maximum Gasteiger partial charge on any atom is 0.342 e. The highest BCUT2D eigenvalue weighted by Crippen LogP contribution is 2.25. The van der Waals surface area contributed by atoms with E-state index >= 15 is 0 Å². The fourth-order valence-electron chi connectivity index (χ4n) is 1.84. The number of nitrogens with zero attached hydrogens (tertiary/aromatic N) is 3. The molecular weight excluding hydrogens is 303 g/mol. The van der Waals surface area contributed by atoms with E-state index in [4.69, 9.17) is 16.3 Å². The van der Waals surface area contributed by atoms with E-state index in [-0.39, 0.29) is 6.42 Å². The molecule has 2 aliphatic rings. The highest BCUT2D eigenvalue weighted by molar-refractivity contribution is 6.24. The van der Waals surface area contributed by atoms with Gasteiger partial charge in [0.2, 0.25) is 0 Å². The van der Waals surface area contributed by atoms with E-state index in [9.17, 15) is 9.18 Å². The molecule has 1 N–H and O–H groups in total. The maximum atomic E-state index is 14.0. The van der Waals surface area contributed by atoms with Crippen molar-refractivity contribution in [1.82, 2.24) is 10.3 Å². The second kappa shape index (κ2) is 7.07. The lowest BCUT2D eigenvalue weighted by Gasteiger charge is -2.28. The van der Waals surface area contributed by atoms with Gasteiger partial charge < -0.3 is 14.9 Å². The van der Waals surface area contributed by atoms with Crippen LogP contribution in [0.15, 0.2) is 34.4 Å². The molecule has 2 rings (SSSR count). The Kier molecular flexibility index (Phi) is 5.15. The largest absolute Gasteiger partial charge is 0.450 e. The summed E-state index contributed by atoms with van der Waals surface area (Å²) in [6.07, 6.45) is 5.36. The maximum absolute atomic E-state index is 14.0. The van der Waals surface area contributed by atoms with Gasteiger partial charge in [0.1, 0.15) is 19.5 Å². The first-order chi connectivity index (χ1) is 10.1. The molecule has 0 saturated carbocycles. The Balaban J connectivity index is 2.06. The van der Waals surface area contributed by atoms with Gasteiger partial charge in [-0.2, -0.15) is 5.01 Å². The first-order valence-electron chi connectivity index (χ1n) is 6.12. The van der Waals surface area contributed by atoms with Gasteiger partial charge in [-0.15, -0.1) is 16.7 Å². The highest BCUT2D eigenvalue weighted by Gasteiger charge is 2.31. The number of rotatable bonds is 3. The second-order valence-corrected chi connectivity index (χ2v) is 4.79. The first kappa shape index (κ1) is 15.3. The minimum absolute atomic E-state index is 0.0658. The zero-order chi connectivity index (χ0) is 15.2. The molecule has 0 fully saturated rings. The van der Waals surface area contributed by atoms with Crippen LogP contribution in [0.1, 0.15) is 6.42 Å². The van der Waals surface area contributed by atoms with Crippen LogP contribution in [0.2, 0.25) is 0 Å². The van der Waals surface area contributed by atoms with E-state index in [1.807, 2.05) is 0 Å². The average molecular weight is 317 g/mol. The van der Waals surface area contributed by atoms with Gasteiger partial charge in [0, 0.05) is 6.42 Å². The number of carbonyl (C=O) groups excluding carboxylic acids is 1. The van der Waals surface area contributed by atoms with Crippen LogP contribution in [0, 0.1) is 0 Å². The van der Waals surface area contributed by atoms with Crippen LogP contribution in [0.3, 0.4) is 0 Å². The molecule has 0 aromatic heterocycles. The smallest absolute Gasteiger partial charge is 0.342 e. The lowest BCUT2D eigenvalue weighted by atomic mass is 9.94. The number of oxime groups is 1. The molecule has 0 aromatic rings. The van der Waals surface area contributed by atoms with Crippen LogP contribution in [0.25, 0.3) is 0 Å². The molecule has 1 heterocycles. The molecule has 0 saturated heterocycles. The van der Waals surface area contributed by atoms with E-state index in [1.165, 1.54) is 31.9 Å². The van der Waals surface area contributed by atoms with Crippen LogP contribution in [-0.2, 0) is 9.57 Å². The van der Waals surface area contributed by atoms with E-state index in [1.54, 1.807) is 0 Å². The molecule has 1 aliphatic carbocycles. The van der Waals surface area contributed by atoms with Gasteiger partial charge in [-0.25, -0.2) is 9.18 Å². The summed E-state index contributed by atoms with van der Waals surface area (Å²) in [5.41, 5.74) is 0.582. The molecule has 0 aromatic carbocycles. The van der Waals surface area contributed by atoms with Crippen LogP contribution in [0.5, 0.6) is 0 Å². The zero-order valence-electron chi connectivity index (χ0n) is 11.1. The number of ether oxygens (including phenoxy) is 1. The van der Waals surface area contributed by atoms with Crippen molar-refractivity contribution in [3.8, 4) is 0 Å². The second-order valence-electron chi connectivity index (χ2n) is 4.26. The zero-order valence-corrected chi connectivity index (χ0v) is 11.9. The molecule has 7 nitrogen and oxygen atoms in total. The van der Waals surface area contributed by atoms with E-state index < -0.39 is 23.6 Å². The van der Waals surface area contributed by atoms with Gasteiger partial charge in [-0.1, -0.05) is 11.2 Å². The lowest BCUT2D eigenvalue weighted by Crippen LogP contribution is -2.47. The van der Waals surface area contributed by atoms with Crippen LogP contribution >= 0.6 is 11.6 Å². The Morgan fingerprint density at radius 3 is 3.24 bits per heavy atom. The van der Waals surface area contributed by atoms with Crippen molar-refractivity contribution in [3.63, 3.8) is 0 Å². The van der Waals surface area contributed by atoms with Gasteiger partial charge in [-0.05, 0) is 5.57 Å². The van der Waals surface area contributed by atoms with Crippen LogP contribution in [0.4, 0.5) is 9.18 Å². The Labute approximate surface area is 125 Å². The summed E-state index contributed by atoms with van der Waals surface area (Å²) in [7, 11) is 1.39. The number of hydrazone groups is 1. The van der Waals surface area contributed by atoms with Gasteiger partial charge in [0.15, 0.2) is 6.40 Å². The number of urea groups is 1. The Morgan fingerprint density at radius 1 is 1.76 bits per heavy atom. The number of alkyl halides is 2. The molecular formula is C12H14ClFN4O3. The van der Waals surface area contributed by atoms with Crippen LogP contribution < -0.4 is 5.32 Å². The third-order valence-corrected chi connectivity index (χ3v) is 3.30.